The van der Waals surface area contributed by atoms with Crippen molar-refractivity contribution in [1.29, 1.82) is 0 Å². The number of aromatic nitrogens is 1. The normalized spacial score (nSPS) is 19.1. The Morgan fingerprint density at radius 2 is 1.97 bits per heavy atom. The topological polar surface area (TPSA) is 99.4 Å². The lowest BCUT2D eigenvalue weighted by molar-refractivity contribution is -0.139. The van der Waals surface area contributed by atoms with Crippen LogP contribution in [-0.4, -0.2) is 36.9 Å². The molecule has 0 saturated carbocycles. The van der Waals surface area contributed by atoms with Crippen molar-refractivity contribution < 1.29 is 23.8 Å². The summed E-state index contributed by atoms with van der Waals surface area (Å²) < 4.78 is 18.9. The molecule has 1 atom stereocenters. The van der Waals surface area contributed by atoms with Gasteiger partial charge in [0.2, 0.25) is 6.79 Å². The minimum Gasteiger partial charge on any atom is -0.463 e. The van der Waals surface area contributed by atoms with Crippen molar-refractivity contribution in [3.8, 4) is 11.5 Å². The third-order valence-electron chi connectivity index (χ3n) is 6.54. The third kappa shape index (κ3) is 3.56. The molecule has 3 aromatic rings. The summed E-state index contributed by atoms with van der Waals surface area (Å²) in [5.74, 6) is 0.264. The highest BCUT2D eigenvalue weighted by molar-refractivity contribution is 9.10. The minimum absolute atomic E-state index is 0.0924. The van der Waals surface area contributed by atoms with Gasteiger partial charge in [-0.15, -0.1) is 0 Å². The Labute approximate surface area is 223 Å². The number of hydrogen-bond donors (Lipinski definition) is 0. The predicted molar refractivity (Wildman–Crippen MR) is 139 cm³/mol. The number of ether oxygens (including phenoxy) is 3. The number of anilines is 1. The molecule has 0 N–H and O–H groups in total. The van der Waals surface area contributed by atoms with Gasteiger partial charge in [-0.1, -0.05) is 33.3 Å². The predicted octanol–water partition coefficient (Wildman–Crippen LogP) is 2.64. The highest BCUT2D eigenvalue weighted by Gasteiger charge is 2.37. The van der Waals surface area contributed by atoms with E-state index in [2.05, 4.69) is 20.9 Å². The summed E-state index contributed by atoms with van der Waals surface area (Å²) in [5.41, 5.74) is 2.60. The first-order valence-electron chi connectivity index (χ1n) is 11.5. The van der Waals surface area contributed by atoms with Crippen LogP contribution in [0.2, 0.25) is 0 Å². The fourth-order valence-corrected chi connectivity index (χ4v) is 6.35. The van der Waals surface area contributed by atoms with Crippen LogP contribution in [0.4, 0.5) is 5.69 Å². The molecule has 4 heterocycles. The number of nitrogens with zero attached hydrogens (tertiary/aromatic N) is 3. The molecule has 0 bridgehead atoms. The third-order valence-corrected chi connectivity index (χ3v) is 8.09. The number of amides is 1. The van der Waals surface area contributed by atoms with Crippen LogP contribution in [0.15, 0.2) is 61.9 Å². The Kier molecular flexibility index (Phi) is 5.57. The highest BCUT2D eigenvalue weighted by atomic mass is 79.9. The average molecular weight is 582 g/mol. The molecule has 0 unspecified atom stereocenters. The van der Waals surface area contributed by atoms with Gasteiger partial charge in [-0.3, -0.25) is 14.2 Å². The molecule has 0 radical (unpaired) electrons. The number of fused-ring (bicyclic) bond motifs is 3. The summed E-state index contributed by atoms with van der Waals surface area (Å²) in [5, 5.41) is 0. The summed E-state index contributed by atoms with van der Waals surface area (Å²) in [6.45, 7) is 3.70. The SMILES string of the molecule is CCOC(=O)C1=C(C)N=c2s/c(=C3\C(=O)N(C)c4ccc(Br)cc43)c(=O)n2[C@@H]1c1ccc2c(c1)OCO2. The molecular formula is C26H20BrN3O6S. The van der Waals surface area contributed by atoms with Gasteiger partial charge in [0.05, 0.1) is 35.2 Å². The first-order chi connectivity index (χ1) is 17.8. The van der Waals surface area contributed by atoms with Gasteiger partial charge < -0.3 is 19.1 Å². The number of thiazole rings is 1. The van der Waals surface area contributed by atoms with Gasteiger partial charge in [-0.25, -0.2) is 9.79 Å². The van der Waals surface area contributed by atoms with Crippen LogP contribution < -0.4 is 29.3 Å². The summed E-state index contributed by atoms with van der Waals surface area (Å²) >= 11 is 4.60. The first kappa shape index (κ1) is 23.7. The molecule has 0 aliphatic carbocycles. The maximum absolute atomic E-state index is 14.1. The zero-order valence-corrected chi connectivity index (χ0v) is 22.4. The van der Waals surface area contributed by atoms with Gasteiger partial charge in [0.1, 0.15) is 4.53 Å². The molecule has 37 heavy (non-hydrogen) atoms. The van der Waals surface area contributed by atoms with Crippen LogP contribution in [0.3, 0.4) is 0 Å². The molecule has 2 aromatic carbocycles. The van der Waals surface area contributed by atoms with Gasteiger partial charge in [0.25, 0.3) is 11.5 Å². The van der Waals surface area contributed by atoms with E-state index in [-0.39, 0.29) is 29.4 Å². The second-order valence-electron chi connectivity index (χ2n) is 8.64. The van der Waals surface area contributed by atoms with Crippen molar-refractivity contribution in [2.45, 2.75) is 19.9 Å². The monoisotopic (exact) mass is 581 g/mol. The maximum Gasteiger partial charge on any atom is 0.338 e. The molecular weight excluding hydrogens is 562 g/mol. The van der Waals surface area contributed by atoms with E-state index in [1.165, 1.54) is 9.47 Å². The molecule has 1 aromatic heterocycles. The van der Waals surface area contributed by atoms with Gasteiger partial charge in [-0.05, 0) is 49.7 Å². The van der Waals surface area contributed by atoms with Crippen LogP contribution in [0.1, 0.15) is 31.0 Å². The number of esters is 1. The number of allylic oxidation sites excluding steroid dienone is 1. The molecule has 0 spiro atoms. The zero-order chi connectivity index (χ0) is 26.0. The lowest BCUT2D eigenvalue weighted by atomic mass is 9.95. The second kappa shape index (κ2) is 8.70. The van der Waals surface area contributed by atoms with E-state index in [1.807, 2.05) is 18.2 Å². The Morgan fingerprint density at radius 3 is 2.76 bits per heavy atom. The van der Waals surface area contributed by atoms with Crippen LogP contribution in [0.25, 0.3) is 5.57 Å². The van der Waals surface area contributed by atoms with Gasteiger partial charge in [0, 0.05) is 17.1 Å². The van der Waals surface area contributed by atoms with E-state index in [1.54, 1.807) is 39.1 Å². The van der Waals surface area contributed by atoms with Gasteiger partial charge in [-0.2, -0.15) is 0 Å². The Balaban J connectivity index is 1.65. The van der Waals surface area contributed by atoms with E-state index >= 15 is 0 Å². The van der Waals surface area contributed by atoms with Crippen LogP contribution in [0.5, 0.6) is 11.5 Å². The van der Waals surface area contributed by atoms with Crippen molar-refractivity contribution in [2.24, 2.45) is 4.99 Å². The number of carbonyl (C=O) groups excluding carboxylic acids is 2. The lowest BCUT2D eigenvalue weighted by Gasteiger charge is -2.24. The molecule has 11 heteroatoms. The summed E-state index contributed by atoms with van der Waals surface area (Å²) in [6.07, 6.45) is 0. The molecule has 3 aliphatic heterocycles. The second-order valence-corrected chi connectivity index (χ2v) is 10.5. The maximum atomic E-state index is 14.1. The van der Waals surface area contributed by atoms with E-state index in [9.17, 15) is 14.4 Å². The van der Waals surface area contributed by atoms with Crippen LogP contribution >= 0.6 is 27.3 Å². The fraction of sp³-hybridized carbons (Fsp3) is 0.231. The summed E-state index contributed by atoms with van der Waals surface area (Å²) in [6, 6.07) is 9.98. The van der Waals surface area contributed by atoms with Crippen molar-refractivity contribution >= 4 is 50.4 Å². The zero-order valence-electron chi connectivity index (χ0n) is 20.0. The van der Waals surface area contributed by atoms with Crippen LogP contribution in [0, 0.1) is 0 Å². The Bertz CT molecular complexity index is 1740. The standard InChI is InChI=1S/C26H20BrN3O6S/c1-4-34-25(33)19-12(2)28-26-30(21(19)13-5-8-17-18(9-13)36-11-35-17)24(32)22(37-26)20-15-10-14(27)6-7-16(15)29(3)23(20)31/h5-10,21H,4,11H2,1-3H3/b22-20-/t21-/m1/s1. The lowest BCUT2D eigenvalue weighted by Crippen LogP contribution is -2.40. The molecule has 9 nitrogen and oxygen atoms in total. The first-order valence-corrected chi connectivity index (χ1v) is 13.1. The van der Waals surface area contributed by atoms with Crippen LogP contribution in [-0.2, 0) is 14.3 Å². The van der Waals surface area contributed by atoms with Gasteiger partial charge >= 0.3 is 5.97 Å². The fourth-order valence-electron chi connectivity index (χ4n) is 4.85. The van der Waals surface area contributed by atoms with E-state index in [4.69, 9.17) is 14.2 Å². The number of hydrogen-bond acceptors (Lipinski definition) is 8. The number of halogens is 1. The minimum atomic E-state index is -0.824. The highest BCUT2D eigenvalue weighted by Crippen LogP contribution is 2.39. The molecule has 0 fully saturated rings. The van der Waals surface area contributed by atoms with E-state index < -0.39 is 17.6 Å². The molecule has 0 saturated heterocycles. The number of rotatable bonds is 3. The smallest absolute Gasteiger partial charge is 0.338 e. The molecule has 188 valence electrons. The van der Waals surface area contributed by atoms with Gasteiger partial charge in [0.15, 0.2) is 16.3 Å². The summed E-state index contributed by atoms with van der Waals surface area (Å²) in [4.78, 5) is 47.1. The van der Waals surface area contributed by atoms with Crippen molar-refractivity contribution in [1.82, 2.24) is 4.57 Å². The largest absolute Gasteiger partial charge is 0.463 e. The summed E-state index contributed by atoms with van der Waals surface area (Å²) in [7, 11) is 1.68. The van der Waals surface area contributed by atoms with E-state index in [0.29, 0.717) is 44.4 Å². The van der Waals surface area contributed by atoms with Crippen molar-refractivity contribution in [3.05, 3.63) is 83.0 Å². The van der Waals surface area contributed by atoms with Crippen molar-refractivity contribution in [2.75, 3.05) is 25.3 Å². The number of carbonyl (C=O) groups is 2. The van der Waals surface area contributed by atoms with Crippen molar-refractivity contribution in [3.63, 3.8) is 0 Å². The quantitative estimate of drug-likeness (QED) is 0.441. The molecule has 1 amide bonds. The Hall–Kier alpha value is -3.70. The van der Waals surface area contributed by atoms with E-state index in [0.717, 1.165) is 15.8 Å². The molecule has 3 aliphatic rings. The molecule has 6 rings (SSSR count). The number of benzene rings is 2. The number of likely N-dealkylation sites (N-methyl/N-ethyl adjacent to an activating group) is 1. The Morgan fingerprint density at radius 1 is 1.19 bits per heavy atom. The average Bonchev–Trinajstić information content (AvgIpc) is 3.53.